The Morgan fingerprint density at radius 2 is 2.10 bits per heavy atom. The molecule has 0 fully saturated rings. The molecule has 0 spiro atoms. The maximum atomic E-state index is 11.4. The monoisotopic (exact) mass is 316 g/mol. The lowest BCUT2D eigenvalue weighted by molar-refractivity contribution is 0.0528. The van der Waals surface area contributed by atoms with E-state index in [2.05, 4.69) is 20.6 Å². The van der Waals surface area contributed by atoms with Gasteiger partial charge in [0.25, 0.3) is 0 Å². The van der Waals surface area contributed by atoms with Crippen molar-refractivity contribution in [2.24, 2.45) is 0 Å². The molecule has 0 aromatic carbocycles. The van der Waals surface area contributed by atoms with Crippen molar-refractivity contribution in [3.05, 3.63) is 11.2 Å². The standard InChI is InChI=1S/C13H21ClN4O3/c1-13(2,3)21-12(19)16-7-5-6-15-10-9(14)8-17-11(18-10)20-4/h8H,5-7H2,1-4H3,(H,16,19)(H,15,17,18). The Bertz CT molecular complexity index is 477. The number of hydrogen-bond acceptors (Lipinski definition) is 6. The van der Waals surface area contributed by atoms with E-state index in [9.17, 15) is 4.79 Å². The first-order valence-corrected chi connectivity index (χ1v) is 6.97. The minimum atomic E-state index is -0.493. The number of halogens is 1. The van der Waals surface area contributed by atoms with Crippen LogP contribution in [0.25, 0.3) is 0 Å². The van der Waals surface area contributed by atoms with Crippen LogP contribution in [0.2, 0.25) is 5.02 Å². The fourth-order valence-electron chi connectivity index (χ4n) is 1.37. The highest BCUT2D eigenvalue weighted by Crippen LogP contribution is 2.19. The zero-order valence-electron chi connectivity index (χ0n) is 12.7. The van der Waals surface area contributed by atoms with Crippen LogP contribution in [0.5, 0.6) is 6.01 Å². The quantitative estimate of drug-likeness (QED) is 0.784. The van der Waals surface area contributed by atoms with Gasteiger partial charge in [-0.3, -0.25) is 0 Å². The van der Waals surface area contributed by atoms with E-state index < -0.39 is 11.7 Å². The summed E-state index contributed by atoms with van der Waals surface area (Å²) in [6.07, 6.45) is 1.74. The Hall–Kier alpha value is -1.76. The van der Waals surface area contributed by atoms with Crippen molar-refractivity contribution in [1.29, 1.82) is 0 Å². The molecule has 1 heterocycles. The summed E-state index contributed by atoms with van der Waals surface area (Å²) in [4.78, 5) is 19.4. The Balaban J connectivity index is 2.27. The van der Waals surface area contributed by atoms with E-state index in [4.69, 9.17) is 21.1 Å². The minimum Gasteiger partial charge on any atom is -0.467 e. The lowest BCUT2D eigenvalue weighted by atomic mass is 10.2. The normalized spacial score (nSPS) is 10.9. The molecule has 1 aromatic heterocycles. The van der Waals surface area contributed by atoms with Gasteiger partial charge < -0.3 is 20.1 Å². The number of aromatic nitrogens is 2. The fraction of sp³-hybridized carbons (Fsp3) is 0.615. The molecule has 2 N–H and O–H groups in total. The van der Waals surface area contributed by atoms with Crippen molar-refractivity contribution in [3.8, 4) is 6.01 Å². The van der Waals surface area contributed by atoms with Gasteiger partial charge in [0, 0.05) is 13.1 Å². The Morgan fingerprint density at radius 1 is 1.38 bits per heavy atom. The first-order valence-electron chi connectivity index (χ1n) is 6.59. The van der Waals surface area contributed by atoms with Gasteiger partial charge in [-0.05, 0) is 27.2 Å². The Kier molecular flexibility index (Phi) is 6.48. The van der Waals surface area contributed by atoms with Crippen LogP contribution >= 0.6 is 11.6 Å². The molecule has 0 unspecified atom stereocenters. The Labute approximate surface area is 129 Å². The van der Waals surface area contributed by atoms with Gasteiger partial charge in [0.15, 0.2) is 5.82 Å². The van der Waals surface area contributed by atoms with Crippen molar-refractivity contribution in [1.82, 2.24) is 15.3 Å². The number of nitrogens with one attached hydrogen (secondary N) is 2. The molecule has 0 radical (unpaired) electrons. The van der Waals surface area contributed by atoms with E-state index in [1.807, 2.05) is 20.8 Å². The van der Waals surface area contributed by atoms with Crippen LogP contribution in [0.15, 0.2) is 6.20 Å². The third-order valence-electron chi connectivity index (χ3n) is 2.22. The lowest BCUT2D eigenvalue weighted by Gasteiger charge is -2.19. The number of carbonyl (C=O) groups excluding carboxylic acids is 1. The second-order valence-corrected chi connectivity index (χ2v) is 5.67. The molecule has 21 heavy (non-hydrogen) atoms. The highest BCUT2D eigenvalue weighted by atomic mass is 35.5. The van der Waals surface area contributed by atoms with Crippen LogP contribution in [-0.4, -0.2) is 41.9 Å². The SMILES string of the molecule is COc1ncc(Cl)c(NCCCNC(=O)OC(C)(C)C)n1. The maximum Gasteiger partial charge on any atom is 0.407 e. The summed E-state index contributed by atoms with van der Waals surface area (Å²) >= 11 is 5.96. The molecule has 1 amide bonds. The molecular formula is C13H21ClN4O3. The summed E-state index contributed by atoms with van der Waals surface area (Å²) in [6, 6.07) is 0.244. The molecule has 0 aliphatic rings. The van der Waals surface area contributed by atoms with Gasteiger partial charge in [-0.25, -0.2) is 9.78 Å². The highest BCUT2D eigenvalue weighted by molar-refractivity contribution is 6.32. The summed E-state index contributed by atoms with van der Waals surface area (Å²) in [7, 11) is 1.48. The molecule has 0 bridgehead atoms. The van der Waals surface area contributed by atoms with Gasteiger partial charge in [-0.1, -0.05) is 11.6 Å². The summed E-state index contributed by atoms with van der Waals surface area (Å²) in [5.74, 6) is 0.501. The molecule has 7 nitrogen and oxygen atoms in total. The van der Waals surface area contributed by atoms with E-state index in [-0.39, 0.29) is 6.01 Å². The van der Waals surface area contributed by atoms with Crippen molar-refractivity contribution < 1.29 is 14.3 Å². The lowest BCUT2D eigenvalue weighted by Crippen LogP contribution is -2.33. The van der Waals surface area contributed by atoms with E-state index in [0.717, 1.165) is 0 Å². The number of rotatable bonds is 6. The molecule has 1 aromatic rings. The van der Waals surface area contributed by atoms with Crippen molar-refractivity contribution in [3.63, 3.8) is 0 Å². The maximum absolute atomic E-state index is 11.4. The van der Waals surface area contributed by atoms with Gasteiger partial charge in [-0.15, -0.1) is 0 Å². The second-order valence-electron chi connectivity index (χ2n) is 5.26. The molecule has 118 valence electrons. The van der Waals surface area contributed by atoms with Gasteiger partial charge in [0.1, 0.15) is 10.6 Å². The van der Waals surface area contributed by atoms with Crippen molar-refractivity contribution in [2.45, 2.75) is 32.8 Å². The average Bonchev–Trinajstić information content (AvgIpc) is 2.38. The van der Waals surface area contributed by atoms with Crippen LogP contribution in [0, 0.1) is 0 Å². The highest BCUT2D eigenvalue weighted by Gasteiger charge is 2.15. The largest absolute Gasteiger partial charge is 0.467 e. The number of amides is 1. The summed E-state index contributed by atoms with van der Waals surface area (Å²) in [6.45, 7) is 6.54. The van der Waals surface area contributed by atoms with Crippen LogP contribution in [0.4, 0.5) is 10.6 Å². The first kappa shape index (κ1) is 17.3. The van der Waals surface area contributed by atoms with E-state index in [1.165, 1.54) is 13.3 Å². The molecule has 0 saturated carbocycles. The van der Waals surface area contributed by atoms with Crippen molar-refractivity contribution >= 4 is 23.5 Å². The first-order chi connectivity index (χ1) is 9.81. The smallest absolute Gasteiger partial charge is 0.407 e. The topological polar surface area (TPSA) is 85.4 Å². The predicted molar refractivity (Wildman–Crippen MR) is 80.9 cm³/mol. The predicted octanol–water partition coefficient (Wildman–Crippen LogP) is 2.47. The molecule has 0 atom stereocenters. The second kappa shape index (κ2) is 7.87. The number of alkyl carbamates (subject to hydrolysis) is 1. The number of carbonyl (C=O) groups is 1. The van der Waals surface area contributed by atoms with Gasteiger partial charge in [-0.2, -0.15) is 4.98 Å². The van der Waals surface area contributed by atoms with E-state index in [0.29, 0.717) is 30.4 Å². The summed E-state index contributed by atoms with van der Waals surface area (Å²) < 4.78 is 10.0. The summed E-state index contributed by atoms with van der Waals surface area (Å²) in [5, 5.41) is 6.14. The van der Waals surface area contributed by atoms with Crippen molar-refractivity contribution in [2.75, 3.05) is 25.5 Å². The third-order valence-corrected chi connectivity index (χ3v) is 2.50. The summed E-state index contributed by atoms with van der Waals surface area (Å²) in [5.41, 5.74) is -0.493. The molecule has 0 aliphatic heterocycles. The minimum absolute atomic E-state index is 0.244. The molecule has 1 rings (SSSR count). The number of hydrogen-bond donors (Lipinski definition) is 2. The van der Waals surface area contributed by atoms with Gasteiger partial charge >= 0.3 is 12.1 Å². The average molecular weight is 317 g/mol. The molecule has 0 aliphatic carbocycles. The fourth-order valence-corrected chi connectivity index (χ4v) is 1.53. The van der Waals surface area contributed by atoms with Crippen LogP contribution in [0.1, 0.15) is 27.2 Å². The number of anilines is 1. The zero-order chi connectivity index (χ0) is 15.9. The van der Waals surface area contributed by atoms with Gasteiger partial charge in [0.2, 0.25) is 0 Å². The Morgan fingerprint density at radius 3 is 2.71 bits per heavy atom. The van der Waals surface area contributed by atoms with Crippen LogP contribution in [-0.2, 0) is 4.74 Å². The number of nitrogens with zero attached hydrogens (tertiary/aromatic N) is 2. The number of ether oxygens (including phenoxy) is 2. The number of methoxy groups -OCH3 is 1. The zero-order valence-corrected chi connectivity index (χ0v) is 13.5. The third kappa shape index (κ3) is 6.99. The molecule has 0 saturated heterocycles. The molecule has 8 heteroatoms. The van der Waals surface area contributed by atoms with E-state index >= 15 is 0 Å². The van der Waals surface area contributed by atoms with Gasteiger partial charge in [0.05, 0.1) is 13.3 Å². The van der Waals surface area contributed by atoms with Crippen LogP contribution < -0.4 is 15.4 Å². The van der Waals surface area contributed by atoms with E-state index in [1.54, 1.807) is 0 Å². The molecular weight excluding hydrogens is 296 g/mol. The van der Waals surface area contributed by atoms with Crippen LogP contribution in [0.3, 0.4) is 0 Å².